The van der Waals surface area contributed by atoms with Crippen molar-refractivity contribution in [2.75, 3.05) is 20.8 Å². The Morgan fingerprint density at radius 3 is 2.17 bits per heavy atom. The summed E-state index contributed by atoms with van der Waals surface area (Å²) in [5.41, 5.74) is 2.22. The molecule has 40 heavy (non-hydrogen) atoms. The predicted molar refractivity (Wildman–Crippen MR) is 152 cm³/mol. The molecule has 2 atom stereocenters. The molecule has 1 heterocycles. The van der Waals surface area contributed by atoms with Crippen LogP contribution < -0.4 is 14.8 Å². The number of halogens is 2. The number of nitrogens with zero attached hydrogens (tertiary/aromatic N) is 1. The number of hydrogen-bond donors (Lipinski definition) is 2. The van der Waals surface area contributed by atoms with Crippen LogP contribution in [0.1, 0.15) is 18.4 Å². The number of carbonyl (C=O) groups excluding carboxylic acids is 1. The van der Waals surface area contributed by atoms with Crippen molar-refractivity contribution in [3.63, 3.8) is 0 Å². The largest absolute Gasteiger partial charge is 0.496 e. The van der Waals surface area contributed by atoms with E-state index >= 15 is 0 Å². The minimum Gasteiger partial charge on any atom is -0.496 e. The van der Waals surface area contributed by atoms with E-state index in [0.717, 1.165) is 15.4 Å². The molecule has 2 N–H and O–H groups in total. The van der Waals surface area contributed by atoms with Crippen molar-refractivity contribution in [2.24, 2.45) is 0 Å². The number of aliphatic carboxylic acids is 1. The molecule has 1 aliphatic heterocycles. The third kappa shape index (κ3) is 6.36. The van der Waals surface area contributed by atoms with Crippen LogP contribution in [0, 0.1) is 0 Å². The van der Waals surface area contributed by atoms with Gasteiger partial charge in [-0.05, 0) is 54.3 Å². The Morgan fingerprint density at radius 2 is 1.62 bits per heavy atom. The minimum absolute atomic E-state index is 0.00617. The molecule has 0 aliphatic carbocycles. The molecular weight excluding hydrogens is 579 g/mol. The van der Waals surface area contributed by atoms with Gasteiger partial charge >= 0.3 is 5.97 Å². The Hall–Kier alpha value is -3.31. The zero-order valence-corrected chi connectivity index (χ0v) is 24.1. The number of methoxy groups -OCH3 is 2. The number of carbonyl (C=O) groups is 2. The van der Waals surface area contributed by atoms with E-state index in [2.05, 4.69) is 5.32 Å². The lowest BCUT2D eigenvalue weighted by atomic mass is 9.99. The number of amides is 1. The summed E-state index contributed by atoms with van der Waals surface area (Å²) in [6.07, 6.45) is 0.687. The third-order valence-electron chi connectivity index (χ3n) is 6.67. The van der Waals surface area contributed by atoms with Crippen molar-refractivity contribution >= 4 is 45.1 Å². The molecule has 0 spiro atoms. The predicted octanol–water partition coefficient (Wildman–Crippen LogP) is 4.64. The average molecular weight is 608 g/mol. The van der Waals surface area contributed by atoms with E-state index in [-0.39, 0.29) is 34.3 Å². The lowest BCUT2D eigenvalue weighted by Crippen LogP contribution is -2.51. The minimum atomic E-state index is -4.10. The molecule has 0 radical (unpaired) electrons. The van der Waals surface area contributed by atoms with E-state index in [1.54, 1.807) is 26.4 Å². The van der Waals surface area contributed by atoms with Crippen molar-refractivity contribution in [3.05, 3.63) is 76.3 Å². The van der Waals surface area contributed by atoms with E-state index in [0.29, 0.717) is 23.5 Å². The number of carboxylic acid groups (broad SMARTS) is 1. The van der Waals surface area contributed by atoms with Crippen molar-refractivity contribution in [1.29, 1.82) is 0 Å². The number of rotatable bonds is 10. The first-order valence-corrected chi connectivity index (χ1v) is 14.6. The van der Waals surface area contributed by atoms with Crippen molar-refractivity contribution in [3.8, 4) is 22.6 Å². The maximum absolute atomic E-state index is 13.3. The summed E-state index contributed by atoms with van der Waals surface area (Å²) in [7, 11) is -0.974. The maximum atomic E-state index is 13.3. The fourth-order valence-electron chi connectivity index (χ4n) is 4.75. The van der Waals surface area contributed by atoms with Crippen LogP contribution in [0.5, 0.6) is 11.5 Å². The van der Waals surface area contributed by atoms with Crippen molar-refractivity contribution in [1.82, 2.24) is 9.62 Å². The molecule has 0 bridgehead atoms. The first-order valence-electron chi connectivity index (χ1n) is 12.4. The van der Waals surface area contributed by atoms with Crippen LogP contribution in [0.3, 0.4) is 0 Å². The molecule has 1 saturated heterocycles. The molecule has 3 aromatic rings. The molecule has 0 unspecified atom stereocenters. The average Bonchev–Trinajstić information content (AvgIpc) is 3.43. The number of carboxylic acids is 1. The molecule has 1 amide bonds. The van der Waals surface area contributed by atoms with Gasteiger partial charge in [-0.25, -0.2) is 13.2 Å². The second-order valence-electron chi connectivity index (χ2n) is 9.22. The number of ether oxygens (including phenoxy) is 2. The van der Waals surface area contributed by atoms with E-state index in [9.17, 15) is 23.1 Å². The normalized spacial score (nSPS) is 16.4. The summed E-state index contributed by atoms with van der Waals surface area (Å²) in [5, 5.41) is 12.7. The van der Waals surface area contributed by atoms with E-state index in [1.165, 1.54) is 18.2 Å². The molecule has 0 aromatic heterocycles. The van der Waals surface area contributed by atoms with Crippen LogP contribution >= 0.6 is 23.2 Å². The van der Waals surface area contributed by atoms with Gasteiger partial charge < -0.3 is 19.9 Å². The lowest BCUT2D eigenvalue weighted by molar-refractivity contribution is -0.142. The van der Waals surface area contributed by atoms with Crippen molar-refractivity contribution < 1.29 is 32.6 Å². The summed E-state index contributed by atoms with van der Waals surface area (Å²) in [4.78, 5) is 25.1. The second kappa shape index (κ2) is 12.5. The topological polar surface area (TPSA) is 122 Å². The maximum Gasteiger partial charge on any atom is 0.326 e. The smallest absolute Gasteiger partial charge is 0.326 e. The molecular formula is C28H28Cl2N2O7S. The second-order valence-corrected chi connectivity index (χ2v) is 12.0. The van der Waals surface area contributed by atoms with E-state index < -0.39 is 34.0 Å². The van der Waals surface area contributed by atoms with Gasteiger partial charge in [0.25, 0.3) is 0 Å². The van der Waals surface area contributed by atoms with Gasteiger partial charge in [0.1, 0.15) is 23.6 Å². The van der Waals surface area contributed by atoms with Crippen LogP contribution in [0.15, 0.2) is 65.6 Å². The van der Waals surface area contributed by atoms with Gasteiger partial charge in [0.2, 0.25) is 15.9 Å². The van der Waals surface area contributed by atoms with Crippen LogP contribution in [0.2, 0.25) is 10.0 Å². The van der Waals surface area contributed by atoms with E-state index in [4.69, 9.17) is 32.7 Å². The zero-order chi connectivity index (χ0) is 29.0. The van der Waals surface area contributed by atoms with Gasteiger partial charge in [-0.2, -0.15) is 4.31 Å². The molecule has 1 fully saturated rings. The number of nitrogens with one attached hydrogen (secondary N) is 1. The van der Waals surface area contributed by atoms with Gasteiger partial charge in [-0.15, -0.1) is 0 Å². The van der Waals surface area contributed by atoms with Crippen LogP contribution in [-0.4, -0.2) is 62.6 Å². The van der Waals surface area contributed by atoms with Crippen LogP contribution in [0.4, 0.5) is 0 Å². The molecule has 12 heteroatoms. The third-order valence-corrected chi connectivity index (χ3v) is 9.00. The Kier molecular flexibility index (Phi) is 9.25. The van der Waals surface area contributed by atoms with E-state index in [1.807, 2.05) is 30.3 Å². The summed E-state index contributed by atoms with van der Waals surface area (Å²) < 4.78 is 38.6. The zero-order valence-electron chi connectivity index (χ0n) is 21.8. The number of hydrogen-bond acceptors (Lipinski definition) is 6. The molecule has 212 valence electrons. The quantitative estimate of drug-likeness (QED) is 0.344. The standard InChI is InChI=1S/C28H28Cl2N2O7S/c1-38-24-6-3-7-25(39-2)26(24)18-10-8-17(9-11-18)13-22(28(34)35)31-27(33)23-5-4-12-32(23)40(36,37)21-15-19(29)14-20(30)16-21/h3,6-11,14-16,22-23H,4-5,12-13H2,1-2H3,(H,31,33)(H,34,35)/t22-,23-/m0/s1. The van der Waals surface area contributed by atoms with Gasteiger partial charge in [0, 0.05) is 23.0 Å². The van der Waals surface area contributed by atoms with Crippen molar-refractivity contribution in [2.45, 2.75) is 36.2 Å². The highest BCUT2D eigenvalue weighted by atomic mass is 35.5. The summed E-state index contributed by atoms with van der Waals surface area (Å²) in [6, 6.07) is 14.2. The summed E-state index contributed by atoms with van der Waals surface area (Å²) >= 11 is 12.0. The molecule has 9 nitrogen and oxygen atoms in total. The number of benzene rings is 3. The van der Waals surface area contributed by atoms with Gasteiger partial charge in [0.05, 0.1) is 24.7 Å². The summed E-state index contributed by atoms with van der Waals surface area (Å²) in [6.45, 7) is 0.107. The highest BCUT2D eigenvalue weighted by Crippen LogP contribution is 2.38. The first-order chi connectivity index (χ1) is 19.0. The fourth-order valence-corrected chi connectivity index (χ4v) is 7.13. The SMILES string of the molecule is COc1cccc(OC)c1-c1ccc(C[C@H](NC(=O)[C@@H]2CCCN2S(=O)(=O)c2cc(Cl)cc(Cl)c2)C(=O)O)cc1. The Labute approximate surface area is 242 Å². The Morgan fingerprint density at radius 1 is 1.02 bits per heavy atom. The van der Waals surface area contributed by atoms with Crippen LogP contribution in [0.25, 0.3) is 11.1 Å². The van der Waals surface area contributed by atoms with Gasteiger partial charge in [-0.1, -0.05) is 53.5 Å². The fraction of sp³-hybridized carbons (Fsp3) is 0.286. The Balaban J connectivity index is 1.51. The first kappa shape index (κ1) is 29.7. The highest BCUT2D eigenvalue weighted by molar-refractivity contribution is 7.89. The molecule has 1 aliphatic rings. The Bertz CT molecular complexity index is 1470. The highest BCUT2D eigenvalue weighted by Gasteiger charge is 2.40. The molecule has 3 aromatic carbocycles. The van der Waals surface area contributed by atoms with Crippen LogP contribution in [-0.2, 0) is 26.0 Å². The molecule has 0 saturated carbocycles. The lowest BCUT2D eigenvalue weighted by Gasteiger charge is -2.25. The monoisotopic (exact) mass is 606 g/mol. The number of sulfonamides is 1. The molecule has 4 rings (SSSR count). The van der Waals surface area contributed by atoms with Gasteiger partial charge in [-0.3, -0.25) is 4.79 Å². The van der Waals surface area contributed by atoms with Gasteiger partial charge in [0.15, 0.2) is 0 Å². The summed E-state index contributed by atoms with van der Waals surface area (Å²) in [5.74, 6) is -0.674.